The van der Waals surface area contributed by atoms with Gasteiger partial charge < -0.3 is 4.90 Å². The van der Waals surface area contributed by atoms with Crippen molar-refractivity contribution in [2.45, 2.75) is 71.8 Å². The standard InChI is InChI=1S/C14H29N/c1-14(2,3)11-8-12-15(4)13-9-6-5-7-10-13/h13H,5-12H2,1-4H3. The van der Waals surface area contributed by atoms with Crippen molar-refractivity contribution in [3.8, 4) is 0 Å². The lowest BCUT2D eigenvalue weighted by molar-refractivity contribution is 0.181. The highest BCUT2D eigenvalue weighted by molar-refractivity contribution is 4.74. The summed E-state index contributed by atoms with van der Waals surface area (Å²) >= 11 is 0. The van der Waals surface area contributed by atoms with Gasteiger partial charge in [-0.15, -0.1) is 0 Å². The van der Waals surface area contributed by atoms with E-state index in [0.717, 1.165) is 6.04 Å². The van der Waals surface area contributed by atoms with Crippen molar-refractivity contribution in [3.05, 3.63) is 0 Å². The lowest BCUT2D eigenvalue weighted by Crippen LogP contribution is -2.34. The van der Waals surface area contributed by atoms with Crippen molar-refractivity contribution in [2.75, 3.05) is 13.6 Å². The second-order valence-electron chi connectivity index (χ2n) is 6.44. The zero-order chi connectivity index (χ0) is 11.3. The van der Waals surface area contributed by atoms with E-state index in [0.29, 0.717) is 5.41 Å². The molecule has 0 radical (unpaired) electrons. The van der Waals surface area contributed by atoms with Gasteiger partial charge in [0.2, 0.25) is 0 Å². The molecular weight excluding hydrogens is 182 g/mol. The third kappa shape index (κ3) is 5.55. The molecule has 0 atom stereocenters. The Bertz CT molecular complexity index is 163. The van der Waals surface area contributed by atoms with Crippen LogP contribution < -0.4 is 0 Å². The first-order chi connectivity index (χ1) is 6.99. The minimum Gasteiger partial charge on any atom is -0.303 e. The Morgan fingerprint density at radius 3 is 2.20 bits per heavy atom. The summed E-state index contributed by atoms with van der Waals surface area (Å²) < 4.78 is 0. The Morgan fingerprint density at radius 1 is 1.07 bits per heavy atom. The van der Waals surface area contributed by atoms with Gasteiger partial charge in [0, 0.05) is 6.04 Å². The van der Waals surface area contributed by atoms with Crippen molar-refractivity contribution >= 4 is 0 Å². The largest absolute Gasteiger partial charge is 0.303 e. The maximum absolute atomic E-state index is 2.60. The van der Waals surface area contributed by atoms with E-state index >= 15 is 0 Å². The molecule has 0 amide bonds. The fourth-order valence-corrected chi connectivity index (χ4v) is 2.56. The topological polar surface area (TPSA) is 3.24 Å². The normalized spacial score (nSPS) is 19.8. The minimum atomic E-state index is 0.507. The number of rotatable bonds is 4. The van der Waals surface area contributed by atoms with Crippen LogP contribution in [0.3, 0.4) is 0 Å². The van der Waals surface area contributed by atoms with Crippen LogP contribution in [0.2, 0.25) is 0 Å². The lowest BCUT2D eigenvalue weighted by Gasteiger charge is -2.31. The summed E-state index contributed by atoms with van der Waals surface area (Å²) in [7, 11) is 2.32. The Hall–Kier alpha value is -0.0400. The van der Waals surface area contributed by atoms with Crippen LogP contribution in [-0.2, 0) is 0 Å². The van der Waals surface area contributed by atoms with Gasteiger partial charge in [0.25, 0.3) is 0 Å². The van der Waals surface area contributed by atoms with Gasteiger partial charge in [-0.3, -0.25) is 0 Å². The van der Waals surface area contributed by atoms with Crippen molar-refractivity contribution in [3.63, 3.8) is 0 Å². The fourth-order valence-electron chi connectivity index (χ4n) is 2.56. The minimum absolute atomic E-state index is 0.507. The van der Waals surface area contributed by atoms with Crippen LogP contribution in [0.4, 0.5) is 0 Å². The molecule has 0 aromatic heterocycles. The zero-order valence-corrected chi connectivity index (χ0v) is 11.2. The van der Waals surface area contributed by atoms with E-state index in [9.17, 15) is 0 Å². The first kappa shape index (κ1) is 13.0. The van der Waals surface area contributed by atoms with Crippen LogP contribution in [0.1, 0.15) is 65.7 Å². The lowest BCUT2D eigenvalue weighted by atomic mass is 9.90. The average Bonchev–Trinajstić information content (AvgIpc) is 2.17. The van der Waals surface area contributed by atoms with E-state index < -0.39 is 0 Å². The van der Waals surface area contributed by atoms with E-state index in [1.165, 1.54) is 51.5 Å². The van der Waals surface area contributed by atoms with Gasteiger partial charge in [0.15, 0.2) is 0 Å². The number of hydrogen-bond acceptors (Lipinski definition) is 1. The molecule has 0 unspecified atom stereocenters. The zero-order valence-electron chi connectivity index (χ0n) is 11.2. The highest BCUT2D eigenvalue weighted by Gasteiger charge is 2.18. The third-order valence-corrected chi connectivity index (χ3v) is 3.64. The van der Waals surface area contributed by atoms with Crippen LogP contribution in [0.25, 0.3) is 0 Å². The SMILES string of the molecule is CN(CCCC(C)(C)C)C1CCCCC1. The molecule has 1 rings (SSSR count). The second-order valence-corrected chi connectivity index (χ2v) is 6.44. The maximum atomic E-state index is 2.60. The molecule has 1 saturated carbocycles. The van der Waals surface area contributed by atoms with Gasteiger partial charge in [0.1, 0.15) is 0 Å². The number of nitrogens with zero attached hydrogens (tertiary/aromatic N) is 1. The van der Waals surface area contributed by atoms with Crippen LogP contribution in [0, 0.1) is 5.41 Å². The van der Waals surface area contributed by atoms with Gasteiger partial charge in [0.05, 0.1) is 0 Å². The maximum Gasteiger partial charge on any atom is 0.00922 e. The molecule has 0 saturated heterocycles. The molecule has 90 valence electrons. The molecule has 1 nitrogen and oxygen atoms in total. The molecule has 1 heteroatoms. The monoisotopic (exact) mass is 211 g/mol. The van der Waals surface area contributed by atoms with Crippen LogP contribution >= 0.6 is 0 Å². The summed E-state index contributed by atoms with van der Waals surface area (Å²) in [5.41, 5.74) is 0.507. The molecule has 0 spiro atoms. The van der Waals surface area contributed by atoms with Gasteiger partial charge in [-0.25, -0.2) is 0 Å². The molecule has 1 aliphatic carbocycles. The van der Waals surface area contributed by atoms with Gasteiger partial charge >= 0.3 is 0 Å². The molecule has 1 fully saturated rings. The highest BCUT2D eigenvalue weighted by Crippen LogP contribution is 2.24. The van der Waals surface area contributed by atoms with Gasteiger partial charge in [-0.1, -0.05) is 40.0 Å². The molecule has 0 bridgehead atoms. The third-order valence-electron chi connectivity index (χ3n) is 3.64. The summed E-state index contributed by atoms with van der Waals surface area (Å²) in [5, 5.41) is 0. The van der Waals surface area contributed by atoms with Crippen molar-refractivity contribution in [1.29, 1.82) is 0 Å². The van der Waals surface area contributed by atoms with E-state index in [2.05, 4.69) is 32.7 Å². The van der Waals surface area contributed by atoms with Gasteiger partial charge in [-0.05, 0) is 44.7 Å². The summed E-state index contributed by atoms with van der Waals surface area (Å²) in [4.78, 5) is 2.60. The smallest absolute Gasteiger partial charge is 0.00922 e. The predicted molar refractivity (Wildman–Crippen MR) is 68.2 cm³/mol. The first-order valence-corrected chi connectivity index (χ1v) is 6.69. The van der Waals surface area contributed by atoms with E-state index in [-0.39, 0.29) is 0 Å². The summed E-state index contributed by atoms with van der Waals surface area (Å²) in [6.07, 6.45) is 9.95. The highest BCUT2D eigenvalue weighted by atomic mass is 15.1. The molecule has 0 N–H and O–H groups in total. The fraction of sp³-hybridized carbons (Fsp3) is 1.00. The predicted octanol–water partition coefficient (Wildman–Crippen LogP) is 4.08. The molecular formula is C14H29N. The number of hydrogen-bond donors (Lipinski definition) is 0. The first-order valence-electron chi connectivity index (χ1n) is 6.69. The Balaban J connectivity index is 2.14. The van der Waals surface area contributed by atoms with Crippen molar-refractivity contribution < 1.29 is 0 Å². The van der Waals surface area contributed by atoms with E-state index in [1.54, 1.807) is 0 Å². The van der Waals surface area contributed by atoms with Crippen LogP contribution in [-0.4, -0.2) is 24.5 Å². The Labute approximate surface area is 96.2 Å². The summed E-state index contributed by atoms with van der Waals surface area (Å²) in [6.45, 7) is 8.32. The van der Waals surface area contributed by atoms with Crippen LogP contribution in [0.15, 0.2) is 0 Å². The van der Waals surface area contributed by atoms with E-state index in [1.807, 2.05) is 0 Å². The van der Waals surface area contributed by atoms with Crippen LogP contribution in [0.5, 0.6) is 0 Å². The van der Waals surface area contributed by atoms with Crippen molar-refractivity contribution in [2.24, 2.45) is 5.41 Å². The summed E-state index contributed by atoms with van der Waals surface area (Å²) in [5.74, 6) is 0. The Kier molecular flexibility index (Phi) is 5.11. The quantitative estimate of drug-likeness (QED) is 0.677. The average molecular weight is 211 g/mol. The molecule has 0 aliphatic heterocycles. The van der Waals surface area contributed by atoms with Gasteiger partial charge in [-0.2, -0.15) is 0 Å². The molecule has 15 heavy (non-hydrogen) atoms. The van der Waals surface area contributed by atoms with Crippen molar-refractivity contribution in [1.82, 2.24) is 4.90 Å². The Morgan fingerprint density at radius 2 is 1.67 bits per heavy atom. The summed E-state index contributed by atoms with van der Waals surface area (Å²) in [6, 6.07) is 0.888. The van der Waals surface area contributed by atoms with E-state index in [4.69, 9.17) is 0 Å². The molecule has 0 aromatic carbocycles. The molecule has 0 heterocycles. The molecule has 0 aromatic rings. The second kappa shape index (κ2) is 5.89. The molecule has 1 aliphatic rings.